The maximum atomic E-state index is 2.33. The molecule has 1 saturated carbocycles. The monoisotopic (exact) mass is 218 g/mol. The highest BCUT2D eigenvalue weighted by Crippen LogP contribution is 2.57. The average molecular weight is 218 g/mol. The number of hydrogen-bond acceptors (Lipinski definition) is 1. The van der Waals surface area contributed by atoms with E-state index in [0.29, 0.717) is 4.75 Å². The SMILES string of the molecule is c1ccc(C2CCSC23CCCC3)cc1. The van der Waals surface area contributed by atoms with Gasteiger partial charge in [0.15, 0.2) is 0 Å². The van der Waals surface area contributed by atoms with E-state index in [4.69, 9.17) is 0 Å². The highest BCUT2D eigenvalue weighted by atomic mass is 32.2. The molecular weight excluding hydrogens is 200 g/mol. The summed E-state index contributed by atoms with van der Waals surface area (Å²) in [6.07, 6.45) is 7.22. The lowest BCUT2D eigenvalue weighted by atomic mass is 9.82. The lowest BCUT2D eigenvalue weighted by molar-refractivity contribution is 0.498. The van der Waals surface area contributed by atoms with Gasteiger partial charge in [0.25, 0.3) is 0 Å². The maximum Gasteiger partial charge on any atom is 0.0228 e. The van der Waals surface area contributed by atoms with Gasteiger partial charge < -0.3 is 0 Å². The normalized spacial score (nSPS) is 28.7. The van der Waals surface area contributed by atoms with E-state index in [1.807, 2.05) is 0 Å². The molecule has 1 atom stereocenters. The molecule has 1 heterocycles. The summed E-state index contributed by atoms with van der Waals surface area (Å²) >= 11 is 2.26. The second-order valence-electron chi connectivity index (χ2n) is 4.87. The van der Waals surface area contributed by atoms with Crippen molar-refractivity contribution in [3.8, 4) is 0 Å². The van der Waals surface area contributed by atoms with Crippen LogP contribution in [0.2, 0.25) is 0 Å². The molecule has 15 heavy (non-hydrogen) atoms. The molecule has 1 heteroatoms. The van der Waals surface area contributed by atoms with Crippen molar-refractivity contribution in [1.29, 1.82) is 0 Å². The highest BCUT2D eigenvalue weighted by Gasteiger charge is 2.45. The molecule has 1 aliphatic carbocycles. The molecule has 1 unspecified atom stereocenters. The third-order valence-electron chi connectivity index (χ3n) is 4.08. The van der Waals surface area contributed by atoms with Gasteiger partial charge in [0.2, 0.25) is 0 Å². The zero-order valence-electron chi connectivity index (χ0n) is 9.11. The Morgan fingerprint density at radius 2 is 1.80 bits per heavy atom. The van der Waals surface area contributed by atoms with Crippen molar-refractivity contribution in [3.05, 3.63) is 35.9 Å². The third-order valence-corrected chi connectivity index (χ3v) is 5.79. The van der Waals surface area contributed by atoms with Crippen LogP contribution in [0.4, 0.5) is 0 Å². The Hall–Kier alpha value is -0.430. The predicted molar refractivity (Wildman–Crippen MR) is 67.5 cm³/mol. The molecular formula is C14H18S. The van der Waals surface area contributed by atoms with E-state index >= 15 is 0 Å². The smallest absolute Gasteiger partial charge is 0.0228 e. The van der Waals surface area contributed by atoms with Crippen LogP contribution in [0.5, 0.6) is 0 Å². The van der Waals surface area contributed by atoms with Crippen molar-refractivity contribution in [1.82, 2.24) is 0 Å². The largest absolute Gasteiger partial charge is 0.155 e. The summed E-state index contributed by atoms with van der Waals surface area (Å²) in [5, 5.41) is 0. The van der Waals surface area contributed by atoms with Gasteiger partial charge in [-0.1, -0.05) is 43.2 Å². The topological polar surface area (TPSA) is 0 Å². The van der Waals surface area contributed by atoms with E-state index in [1.54, 1.807) is 5.56 Å². The van der Waals surface area contributed by atoms with Crippen molar-refractivity contribution in [3.63, 3.8) is 0 Å². The Morgan fingerprint density at radius 1 is 1.07 bits per heavy atom. The molecule has 0 amide bonds. The van der Waals surface area contributed by atoms with Gasteiger partial charge in [-0.05, 0) is 36.5 Å². The van der Waals surface area contributed by atoms with Crippen LogP contribution in [0.15, 0.2) is 30.3 Å². The minimum absolute atomic E-state index is 0.626. The zero-order chi connectivity index (χ0) is 10.1. The Labute approximate surface area is 96.5 Å². The number of thioether (sulfide) groups is 1. The van der Waals surface area contributed by atoms with E-state index in [0.717, 1.165) is 5.92 Å². The van der Waals surface area contributed by atoms with E-state index in [2.05, 4.69) is 42.1 Å². The van der Waals surface area contributed by atoms with Gasteiger partial charge in [-0.25, -0.2) is 0 Å². The third kappa shape index (κ3) is 1.61. The first kappa shape index (κ1) is 9.77. The van der Waals surface area contributed by atoms with Gasteiger partial charge in [0.05, 0.1) is 0 Å². The molecule has 1 aliphatic heterocycles. The van der Waals surface area contributed by atoms with Crippen LogP contribution in [-0.4, -0.2) is 10.5 Å². The van der Waals surface area contributed by atoms with Crippen LogP contribution in [0, 0.1) is 0 Å². The standard InChI is InChI=1S/C14H18S/c1-2-6-12(7-3-1)13-8-11-15-14(13)9-4-5-10-14/h1-3,6-7,13H,4-5,8-11H2. The predicted octanol–water partition coefficient (Wildman–Crippen LogP) is 4.22. The van der Waals surface area contributed by atoms with E-state index < -0.39 is 0 Å². The Kier molecular flexibility index (Phi) is 2.51. The lowest BCUT2D eigenvalue weighted by Crippen LogP contribution is -2.24. The van der Waals surface area contributed by atoms with Gasteiger partial charge in [-0.2, -0.15) is 11.8 Å². The highest BCUT2D eigenvalue weighted by molar-refractivity contribution is 8.01. The van der Waals surface area contributed by atoms with Crippen LogP contribution in [-0.2, 0) is 0 Å². The molecule has 0 bridgehead atoms. The summed E-state index contributed by atoms with van der Waals surface area (Å²) in [6.45, 7) is 0. The molecule has 3 rings (SSSR count). The number of benzene rings is 1. The Morgan fingerprint density at radius 3 is 2.53 bits per heavy atom. The molecule has 1 aromatic rings. The average Bonchev–Trinajstić information content (AvgIpc) is 2.91. The zero-order valence-corrected chi connectivity index (χ0v) is 9.93. The number of hydrogen-bond donors (Lipinski definition) is 0. The quantitative estimate of drug-likeness (QED) is 0.680. The summed E-state index contributed by atoms with van der Waals surface area (Å²) < 4.78 is 0.626. The van der Waals surface area contributed by atoms with Crippen LogP contribution < -0.4 is 0 Å². The van der Waals surface area contributed by atoms with Gasteiger partial charge >= 0.3 is 0 Å². The number of rotatable bonds is 1. The van der Waals surface area contributed by atoms with E-state index in [1.165, 1.54) is 37.9 Å². The molecule has 1 spiro atoms. The molecule has 0 radical (unpaired) electrons. The fraction of sp³-hybridized carbons (Fsp3) is 0.571. The summed E-state index contributed by atoms with van der Waals surface area (Å²) in [7, 11) is 0. The Bertz CT molecular complexity index is 319. The van der Waals surface area contributed by atoms with Gasteiger partial charge in [-0.3, -0.25) is 0 Å². The van der Waals surface area contributed by atoms with E-state index in [-0.39, 0.29) is 0 Å². The van der Waals surface area contributed by atoms with Crippen LogP contribution in [0.1, 0.15) is 43.6 Å². The first-order valence-corrected chi connectivity index (χ1v) is 7.08. The summed E-state index contributed by atoms with van der Waals surface area (Å²) in [5.41, 5.74) is 1.59. The van der Waals surface area contributed by atoms with Gasteiger partial charge in [-0.15, -0.1) is 0 Å². The summed E-state index contributed by atoms with van der Waals surface area (Å²) in [6, 6.07) is 11.2. The first-order chi connectivity index (χ1) is 7.41. The molecule has 2 fully saturated rings. The van der Waals surface area contributed by atoms with Crippen molar-refractivity contribution >= 4 is 11.8 Å². The molecule has 2 aliphatic rings. The summed E-state index contributed by atoms with van der Waals surface area (Å²) in [5.74, 6) is 2.21. The van der Waals surface area contributed by atoms with Gasteiger partial charge in [0, 0.05) is 4.75 Å². The van der Waals surface area contributed by atoms with Crippen molar-refractivity contribution < 1.29 is 0 Å². The molecule has 80 valence electrons. The molecule has 1 saturated heterocycles. The lowest BCUT2D eigenvalue weighted by Gasteiger charge is -2.30. The van der Waals surface area contributed by atoms with Crippen LogP contribution in [0.3, 0.4) is 0 Å². The van der Waals surface area contributed by atoms with Crippen LogP contribution >= 0.6 is 11.8 Å². The molecule has 1 aromatic carbocycles. The first-order valence-electron chi connectivity index (χ1n) is 6.10. The summed E-state index contributed by atoms with van der Waals surface area (Å²) in [4.78, 5) is 0. The van der Waals surface area contributed by atoms with Crippen molar-refractivity contribution in [2.75, 3.05) is 5.75 Å². The molecule has 0 aromatic heterocycles. The maximum absolute atomic E-state index is 2.33. The van der Waals surface area contributed by atoms with Crippen molar-refractivity contribution in [2.24, 2.45) is 0 Å². The minimum atomic E-state index is 0.626. The second kappa shape index (κ2) is 3.86. The molecule has 0 N–H and O–H groups in total. The van der Waals surface area contributed by atoms with E-state index in [9.17, 15) is 0 Å². The second-order valence-corrected chi connectivity index (χ2v) is 6.38. The fourth-order valence-electron chi connectivity index (χ4n) is 3.37. The van der Waals surface area contributed by atoms with Crippen molar-refractivity contribution in [2.45, 2.75) is 42.8 Å². The molecule has 0 nitrogen and oxygen atoms in total. The van der Waals surface area contributed by atoms with Crippen LogP contribution in [0.25, 0.3) is 0 Å². The van der Waals surface area contributed by atoms with Gasteiger partial charge in [0.1, 0.15) is 0 Å². The fourth-order valence-corrected chi connectivity index (χ4v) is 5.16. The Balaban J connectivity index is 1.92. The minimum Gasteiger partial charge on any atom is -0.155 e.